The van der Waals surface area contributed by atoms with Gasteiger partial charge in [-0.15, -0.1) is 0 Å². The highest BCUT2D eigenvalue weighted by atomic mass is 16.1. The van der Waals surface area contributed by atoms with Crippen LogP contribution in [0, 0.1) is 0 Å². The molecule has 1 aliphatic carbocycles. The van der Waals surface area contributed by atoms with E-state index in [2.05, 4.69) is 54.6 Å². The van der Waals surface area contributed by atoms with Gasteiger partial charge in [0.15, 0.2) is 11.7 Å². The molecule has 1 heterocycles. The lowest BCUT2D eigenvalue weighted by molar-refractivity contribution is 0.100. The highest BCUT2D eigenvalue weighted by Gasteiger charge is 2.32. The summed E-state index contributed by atoms with van der Waals surface area (Å²) in [5, 5.41) is 0. The summed E-state index contributed by atoms with van der Waals surface area (Å²) in [5.41, 5.74) is 15.4. The van der Waals surface area contributed by atoms with Gasteiger partial charge in [0.05, 0.1) is 0 Å². The lowest BCUT2D eigenvalue weighted by atomic mass is 9.77. The number of guanidine groups is 1. The number of Topliss-reactive ketones (excluding diaryl/α,β-unsaturated/α-hetero) is 1. The molecule has 4 N–H and O–H groups in total. The minimum Gasteiger partial charge on any atom is -0.370 e. The van der Waals surface area contributed by atoms with Crippen molar-refractivity contribution in [2.45, 2.75) is 70.8 Å². The van der Waals surface area contributed by atoms with Crippen LogP contribution in [0.4, 0.5) is 0 Å². The van der Waals surface area contributed by atoms with Crippen molar-refractivity contribution in [2.75, 3.05) is 6.54 Å². The third-order valence-corrected chi connectivity index (χ3v) is 5.74. The van der Waals surface area contributed by atoms with E-state index in [1.165, 1.54) is 36.1 Å². The average Bonchev–Trinajstić information content (AvgIpc) is 3.07. The fraction of sp³-hybridized carbons (Fsp3) is 0.500. The fourth-order valence-corrected chi connectivity index (χ4v) is 4.59. The summed E-state index contributed by atoms with van der Waals surface area (Å²) in [4.78, 5) is 17.1. The van der Waals surface area contributed by atoms with Crippen LogP contribution >= 0.6 is 0 Å². The summed E-state index contributed by atoms with van der Waals surface area (Å²) in [7, 11) is 0. The molecule has 2 aromatic rings. The summed E-state index contributed by atoms with van der Waals surface area (Å²) < 4.78 is 2.28. The van der Waals surface area contributed by atoms with Crippen molar-refractivity contribution in [3.8, 4) is 0 Å². The second kappa shape index (κ2) is 8.85. The van der Waals surface area contributed by atoms with Gasteiger partial charge in [-0.2, -0.15) is 0 Å². The fourth-order valence-electron chi connectivity index (χ4n) is 4.59. The summed E-state index contributed by atoms with van der Waals surface area (Å²) in [5.74, 6) is 0.377. The molecule has 0 atom stereocenters. The van der Waals surface area contributed by atoms with Gasteiger partial charge >= 0.3 is 0 Å². The van der Waals surface area contributed by atoms with Crippen molar-refractivity contribution >= 4 is 11.7 Å². The van der Waals surface area contributed by atoms with Crippen LogP contribution in [0.15, 0.2) is 41.5 Å². The first-order chi connectivity index (χ1) is 13.8. The van der Waals surface area contributed by atoms with Gasteiger partial charge in [-0.1, -0.05) is 70.4 Å². The molecule has 5 nitrogen and oxygen atoms in total. The summed E-state index contributed by atoms with van der Waals surface area (Å²) in [6, 6.07) is 10.4. The van der Waals surface area contributed by atoms with Crippen molar-refractivity contribution < 1.29 is 4.79 Å². The molecule has 0 radical (unpaired) electrons. The molecule has 0 saturated heterocycles. The summed E-state index contributed by atoms with van der Waals surface area (Å²) in [6.07, 6.45) is 8.05. The number of carbonyl (C=O) groups excluding carboxylic acids is 1. The number of nitrogens with two attached hydrogens (primary N) is 2. The Labute approximate surface area is 174 Å². The van der Waals surface area contributed by atoms with Crippen LogP contribution in [0.5, 0.6) is 0 Å². The monoisotopic (exact) mass is 394 g/mol. The second-order valence-corrected chi connectivity index (χ2v) is 9.17. The standard InChI is InChI=1S/C24H34N4O/c1-24(2,3)22-21(18-12-8-5-9-13-18)19(20(29)14-27-23(25)26)16-28(22)15-17-10-6-4-7-11-17/h4,6-7,10-11,16,18H,5,8-9,12-15H2,1-3H3,(H4,25,26,27). The molecule has 1 aliphatic rings. The van der Waals surface area contributed by atoms with Gasteiger partial charge < -0.3 is 16.0 Å². The van der Waals surface area contributed by atoms with E-state index in [0.717, 1.165) is 24.9 Å². The van der Waals surface area contributed by atoms with Crippen LogP contribution in [0.1, 0.15) is 86.0 Å². The first-order valence-electron chi connectivity index (χ1n) is 10.6. The highest BCUT2D eigenvalue weighted by Crippen LogP contribution is 2.41. The number of nitrogens with zero attached hydrogens (tertiary/aromatic N) is 2. The molecule has 1 aromatic heterocycles. The van der Waals surface area contributed by atoms with Crippen molar-refractivity contribution in [3.63, 3.8) is 0 Å². The number of hydrogen-bond acceptors (Lipinski definition) is 2. The Morgan fingerprint density at radius 2 is 1.76 bits per heavy atom. The number of hydrogen-bond donors (Lipinski definition) is 2. The van der Waals surface area contributed by atoms with Crippen molar-refractivity contribution in [1.29, 1.82) is 0 Å². The number of ketones is 1. The Morgan fingerprint density at radius 1 is 1.10 bits per heavy atom. The van der Waals surface area contributed by atoms with Crippen LogP contribution in [0.3, 0.4) is 0 Å². The van der Waals surface area contributed by atoms with E-state index in [0.29, 0.717) is 5.92 Å². The lowest BCUT2D eigenvalue weighted by Gasteiger charge is -2.29. The van der Waals surface area contributed by atoms with Crippen molar-refractivity contribution in [3.05, 3.63) is 58.9 Å². The number of carbonyl (C=O) groups is 1. The Morgan fingerprint density at radius 3 is 2.34 bits per heavy atom. The molecule has 0 aliphatic heterocycles. The third kappa shape index (κ3) is 5.08. The van der Waals surface area contributed by atoms with Gasteiger partial charge in [-0.25, -0.2) is 4.99 Å². The smallest absolute Gasteiger partial charge is 0.186 e. The molecule has 0 spiro atoms. The molecule has 0 bridgehead atoms. The molecule has 1 fully saturated rings. The molecule has 29 heavy (non-hydrogen) atoms. The zero-order valence-corrected chi connectivity index (χ0v) is 17.9. The van der Waals surface area contributed by atoms with E-state index < -0.39 is 0 Å². The molecule has 156 valence electrons. The van der Waals surface area contributed by atoms with Crippen LogP contribution in [-0.4, -0.2) is 22.9 Å². The largest absolute Gasteiger partial charge is 0.370 e. The molecule has 5 heteroatoms. The van der Waals surface area contributed by atoms with E-state index in [1.54, 1.807) is 0 Å². The van der Waals surface area contributed by atoms with E-state index in [9.17, 15) is 4.79 Å². The van der Waals surface area contributed by atoms with Gasteiger partial charge in [-0.05, 0) is 29.9 Å². The number of benzene rings is 1. The number of rotatable bonds is 6. The lowest BCUT2D eigenvalue weighted by Crippen LogP contribution is -2.24. The van der Waals surface area contributed by atoms with Crippen molar-refractivity contribution in [2.24, 2.45) is 16.5 Å². The highest BCUT2D eigenvalue weighted by molar-refractivity contribution is 6.00. The zero-order valence-electron chi connectivity index (χ0n) is 17.9. The Kier molecular flexibility index (Phi) is 6.46. The summed E-state index contributed by atoms with van der Waals surface area (Å²) in [6.45, 7) is 7.46. The first-order valence-corrected chi connectivity index (χ1v) is 10.6. The minimum absolute atomic E-state index is 0.000979. The van der Waals surface area contributed by atoms with E-state index in [-0.39, 0.29) is 23.7 Å². The molecular weight excluding hydrogens is 360 g/mol. The number of aliphatic imine (C=N–C) groups is 1. The average molecular weight is 395 g/mol. The molecule has 0 unspecified atom stereocenters. The molecular formula is C24H34N4O. The van der Waals surface area contributed by atoms with E-state index in [1.807, 2.05) is 12.3 Å². The molecule has 3 rings (SSSR count). The van der Waals surface area contributed by atoms with Crippen LogP contribution in [-0.2, 0) is 12.0 Å². The van der Waals surface area contributed by atoms with E-state index in [4.69, 9.17) is 11.5 Å². The van der Waals surface area contributed by atoms with Gasteiger partial charge in [0, 0.05) is 29.4 Å². The van der Waals surface area contributed by atoms with Crippen LogP contribution in [0.2, 0.25) is 0 Å². The zero-order chi connectivity index (χ0) is 21.0. The maximum atomic E-state index is 13.1. The van der Waals surface area contributed by atoms with Gasteiger partial charge in [0.2, 0.25) is 0 Å². The van der Waals surface area contributed by atoms with Gasteiger partial charge in [0.1, 0.15) is 6.54 Å². The van der Waals surface area contributed by atoms with E-state index >= 15 is 0 Å². The Bertz CT molecular complexity index is 864. The van der Waals surface area contributed by atoms with Crippen molar-refractivity contribution in [1.82, 2.24) is 4.57 Å². The maximum absolute atomic E-state index is 13.1. The normalized spacial score (nSPS) is 15.3. The Hall–Kier alpha value is -2.56. The Balaban J connectivity index is 2.12. The molecule has 1 aromatic carbocycles. The van der Waals surface area contributed by atoms with Gasteiger partial charge in [-0.3, -0.25) is 4.79 Å². The minimum atomic E-state index is -0.0732. The summed E-state index contributed by atoms with van der Waals surface area (Å²) >= 11 is 0. The predicted molar refractivity (Wildman–Crippen MR) is 120 cm³/mol. The topological polar surface area (TPSA) is 86.4 Å². The second-order valence-electron chi connectivity index (χ2n) is 9.17. The van der Waals surface area contributed by atoms with Gasteiger partial charge in [0.25, 0.3) is 0 Å². The number of aromatic nitrogens is 1. The quantitative estimate of drug-likeness (QED) is 0.434. The molecule has 0 amide bonds. The van der Waals surface area contributed by atoms with Crippen LogP contribution in [0.25, 0.3) is 0 Å². The third-order valence-electron chi connectivity index (χ3n) is 5.74. The predicted octanol–water partition coefficient (Wildman–Crippen LogP) is 4.34. The molecule has 1 saturated carbocycles. The first kappa shape index (κ1) is 21.2. The van der Waals surface area contributed by atoms with Crippen LogP contribution < -0.4 is 11.5 Å². The SMILES string of the molecule is CC(C)(C)c1c(C2CCCCC2)c(C(=O)CN=C(N)N)cn1Cc1ccccc1. The maximum Gasteiger partial charge on any atom is 0.186 e.